The van der Waals surface area contributed by atoms with Gasteiger partial charge in [-0.25, -0.2) is 14.8 Å². The van der Waals surface area contributed by atoms with Crippen LogP contribution in [0.15, 0.2) is 79.1 Å². The number of ether oxygens (including phenoxy) is 5. The van der Waals surface area contributed by atoms with Crippen molar-refractivity contribution in [2.75, 3.05) is 73.9 Å². The number of alkyl carbamates (subject to hydrolysis) is 1. The van der Waals surface area contributed by atoms with E-state index in [1.165, 1.54) is 7.11 Å². The van der Waals surface area contributed by atoms with Crippen molar-refractivity contribution in [3.8, 4) is 45.1 Å². The highest BCUT2D eigenvalue weighted by atomic mass is 16.5. The molecule has 4 unspecified atom stereocenters. The molecule has 16 heteroatoms. The van der Waals surface area contributed by atoms with Gasteiger partial charge in [-0.15, -0.1) is 0 Å². The van der Waals surface area contributed by atoms with E-state index in [9.17, 15) is 14.4 Å². The highest BCUT2D eigenvalue weighted by Crippen LogP contribution is 2.42. The van der Waals surface area contributed by atoms with E-state index in [4.69, 9.17) is 33.7 Å². The van der Waals surface area contributed by atoms with Crippen molar-refractivity contribution in [3.05, 3.63) is 96.3 Å². The third-order valence-corrected chi connectivity index (χ3v) is 13.1. The Kier molecular flexibility index (Phi) is 15.6. The molecular formula is C51H64N8O8. The van der Waals surface area contributed by atoms with E-state index in [0.29, 0.717) is 56.8 Å². The summed E-state index contributed by atoms with van der Waals surface area (Å²) in [7, 11) is 4.57. The van der Waals surface area contributed by atoms with E-state index in [-0.39, 0.29) is 35.9 Å². The van der Waals surface area contributed by atoms with E-state index in [2.05, 4.69) is 32.3 Å². The number of nitrogens with zero attached hydrogens (tertiary/aromatic N) is 5. The van der Waals surface area contributed by atoms with Crippen molar-refractivity contribution in [1.29, 1.82) is 0 Å². The number of imidazole rings is 2. The molecule has 0 bridgehead atoms. The molecule has 67 heavy (non-hydrogen) atoms. The van der Waals surface area contributed by atoms with Gasteiger partial charge in [0.05, 0.1) is 56.2 Å². The van der Waals surface area contributed by atoms with E-state index >= 15 is 0 Å². The van der Waals surface area contributed by atoms with Crippen molar-refractivity contribution < 1.29 is 38.1 Å². The highest BCUT2D eigenvalue weighted by molar-refractivity contribution is 5.87. The van der Waals surface area contributed by atoms with Crippen molar-refractivity contribution in [1.82, 2.24) is 40.0 Å². The number of aromatic amines is 2. The summed E-state index contributed by atoms with van der Waals surface area (Å²) >= 11 is 0. The molecule has 0 saturated carbocycles. The van der Waals surface area contributed by atoms with Crippen LogP contribution in [-0.2, 0) is 23.8 Å². The van der Waals surface area contributed by atoms with Crippen molar-refractivity contribution in [3.63, 3.8) is 0 Å². The molecule has 356 valence electrons. The molecule has 3 aromatic carbocycles. The zero-order chi connectivity index (χ0) is 46.9. The molecule has 3 aliphatic heterocycles. The van der Waals surface area contributed by atoms with Gasteiger partial charge in [0.15, 0.2) is 0 Å². The van der Waals surface area contributed by atoms with Crippen LogP contribution in [0.3, 0.4) is 0 Å². The predicted octanol–water partition coefficient (Wildman–Crippen LogP) is 7.73. The molecular weight excluding hydrogens is 853 g/mol. The van der Waals surface area contributed by atoms with Crippen LogP contribution in [0.5, 0.6) is 11.5 Å². The number of hydrogen-bond donors (Lipinski definition) is 3. The lowest BCUT2D eigenvalue weighted by Gasteiger charge is -2.33. The van der Waals surface area contributed by atoms with Crippen molar-refractivity contribution in [2.45, 2.75) is 76.5 Å². The Labute approximate surface area is 392 Å². The van der Waals surface area contributed by atoms with Crippen molar-refractivity contribution >= 4 is 17.9 Å². The van der Waals surface area contributed by atoms with Crippen LogP contribution in [-0.4, -0.2) is 133 Å². The maximum Gasteiger partial charge on any atom is 0.407 e. The summed E-state index contributed by atoms with van der Waals surface area (Å²) in [6, 6.07) is 20.8. The second kappa shape index (κ2) is 22.0. The number of likely N-dealkylation sites (tertiary alicyclic amines) is 3. The van der Waals surface area contributed by atoms with Gasteiger partial charge in [0.2, 0.25) is 11.8 Å². The lowest BCUT2D eigenvalue weighted by molar-refractivity contribution is -0.138. The molecule has 3 saturated heterocycles. The Morgan fingerprint density at radius 2 is 1.19 bits per heavy atom. The molecule has 3 aliphatic rings. The van der Waals surface area contributed by atoms with Gasteiger partial charge in [-0.05, 0) is 87.4 Å². The molecule has 0 aliphatic carbocycles. The molecule has 16 nitrogen and oxygen atoms in total. The number of aromatic nitrogens is 4. The topological polar surface area (TPSA) is 176 Å². The monoisotopic (exact) mass is 916 g/mol. The molecule has 3 N–H and O–H groups in total. The van der Waals surface area contributed by atoms with E-state index < -0.39 is 12.1 Å². The zero-order valence-corrected chi connectivity index (χ0v) is 39.3. The van der Waals surface area contributed by atoms with Gasteiger partial charge in [-0.1, -0.05) is 56.3 Å². The summed E-state index contributed by atoms with van der Waals surface area (Å²) < 4.78 is 28.4. The van der Waals surface area contributed by atoms with Crippen LogP contribution >= 0.6 is 0 Å². The van der Waals surface area contributed by atoms with Gasteiger partial charge in [0, 0.05) is 49.6 Å². The maximum absolute atomic E-state index is 14.5. The first-order valence-electron chi connectivity index (χ1n) is 23.6. The maximum atomic E-state index is 14.5. The van der Waals surface area contributed by atoms with E-state index in [1.807, 2.05) is 79.5 Å². The molecule has 5 heterocycles. The number of H-pyrrole nitrogens is 2. The molecule has 8 rings (SSSR count). The summed E-state index contributed by atoms with van der Waals surface area (Å²) in [5.41, 5.74) is 5.99. The largest absolute Gasteiger partial charge is 0.491 e. The Hall–Kier alpha value is -6.23. The second-order valence-corrected chi connectivity index (χ2v) is 17.8. The van der Waals surface area contributed by atoms with Gasteiger partial charge >= 0.3 is 6.09 Å². The number of rotatable bonds is 19. The van der Waals surface area contributed by atoms with Crippen molar-refractivity contribution in [2.24, 2.45) is 5.92 Å². The summed E-state index contributed by atoms with van der Waals surface area (Å²) in [5.74, 6) is 2.53. The fourth-order valence-electron chi connectivity index (χ4n) is 9.65. The zero-order valence-electron chi connectivity index (χ0n) is 39.3. The first kappa shape index (κ1) is 47.3. The number of nitrogens with one attached hydrogen (secondary N) is 3. The van der Waals surface area contributed by atoms with E-state index in [0.717, 1.165) is 96.6 Å². The van der Waals surface area contributed by atoms with Crippen LogP contribution < -0.4 is 14.8 Å². The molecule has 3 amide bonds. The SMILES string of the molecule is COCCOc1cc(-c2cnc(C3CCCN3C(=O)C(NC(=O)OC)C(C)C)[nH]2)ccc1-c1ccc(-c2cnc(C3CCCN3C(=O)C(c3ccccc3)N3CCCC3)[nH]2)cc1OCCOC. The fraction of sp³-hybridized carbons (Fsp3) is 0.471. The second-order valence-electron chi connectivity index (χ2n) is 17.8. The normalized spacial score (nSPS) is 18.4. The van der Waals surface area contributed by atoms with Gasteiger partial charge in [-0.2, -0.15) is 0 Å². The minimum absolute atomic E-state index is 0.132. The van der Waals surface area contributed by atoms with Crippen LogP contribution in [0.25, 0.3) is 33.6 Å². The number of amides is 3. The number of benzene rings is 3. The first-order valence-corrected chi connectivity index (χ1v) is 23.6. The summed E-state index contributed by atoms with van der Waals surface area (Å²) in [6.07, 6.45) is 8.47. The smallest absolute Gasteiger partial charge is 0.407 e. The molecule has 3 fully saturated rings. The third-order valence-electron chi connectivity index (χ3n) is 13.1. The molecule has 0 radical (unpaired) electrons. The first-order chi connectivity index (χ1) is 32.7. The Balaban J connectivity index is 1.05. The van der Waals surface area contributed by atoms with Gasteiger partial charge in [0.1, 0.15) is 48.4 Å². The number of methoxy groups -OCH3 is 3. The minimum Gasteiger partial charge on any atom is -0.491 e. The highest BCUT2D eigenvalue weighted by Gasteiger charge is 2.40. The van der Waals surface area contributed by atoms with Crippen LogP contribution in [0.2, 0.25) is 0 Å². The predicted molar refractivity (Wildman–Crippen MR) is 253 cm³/mol. The number of carbonyl (C=O) groups excluding carboxylic acids is 3. The lowest BCUT2D eigenvalue weighted by Crippen LogP contribution is -2.51. The molecule has 5 aromatic rings. The van der Waals surface area contributed by atoms with Crippen LogP contribution in [0.1, 0.15) is 87.7 Å². The van der Waals surface area contributed by atoms with Gasteiger partial charge in [0.25, 0.3) is 0 Å². The minimum atomic E-state index is -0.728. The Bertz CT molecular complexity index is 2450. The van der Waals surface area contributed by atoms with Gasteiger partial charge < -0.3 is 48.8 Å². The Morgan fingerprint density at radius 3 is 1.69 bits per heavy atom. The van der Waals surface area contributed by atoms with Crippen LogP contribution in [0.4, 0.5) is 4.79 Å². The number of hydrogen-bond acceptors (Lipinski definition) is 11. The average Bonchev–Trinajstić information content (AvgIpc) is 4.21. The molecule has 4 atom stereocenters. The average molecular weight is 917 g/mol. The summed E-state index contributed by atoms with van der Waals surface area (Å²) in [4.78, 5) is 63.3. The standard InChI is InChI=1S/C51H64N8O8/c1-33(2)45(56-51(62)65-5)49(60)58-23-11-15-41(58)47-52-31-39(54-47)35-17-19-37(43(29-35)66-27-25-63-3)38-20-18-36(30-44(38)67-28-26-64-4)40-32-53-48(55-40)42-16-12-24-59(42)50(61)46(57-21-9-10-22-57)34-13-7-6-8-14-34/h6-8,13-14,17-20,29-33,41-42,45-46H,9-12,15-16,21-28H2,1-5H3,(H,52,54)(H,53,55)(H,56,62). The summed E-state index contributed by atoms with van der Waals surface area (Å²) in [6.45, 7) is 8.30. The van der Waals surface area contributed by atoms with E-state index in [1.54, 1.807) is 25.3 Å². The lowest BCUT2D eigenvalue weighted by atomic mass is 9.98. The molecule has 2 aromatic heterocycles. The summed E-state index contributed by atoms with van der Waals surface area (Å²) in [5, 5.41) is 2.71. The fourth-order valence-corrected chi connectivity index (χ4v) is 9.65. The number of carbonyl (C=O) groups is 3. The Morgan fingerprint density at radius 1 is 0.672 bits per heavy atom. The van der Waals surface area contributed by atoms with Crippen LogP contribution in [0, 0.1) is 5.92 Å². The molecule has 0 spiro atoms. The van der Waals surface area contributed by atoms with Gasteiger partial charge in [-0.3, -0.25) is 14.5 Å². The quantitative estimate of drug-likeness (QED) is 0.0692. The third kappa shape index (κ3) is 10.7.